The number of hydrogen-bond acceptors (Lipinski definition) is 2. The quantitative estimate of drug-likeness (QED) is 0.902. The third kappa shape index (κ3) is 2.72. The third-order valence-electron chi connectivity index (χ3n) is 4.34. The Kier molecular flexibility index (Phi) is 3.51. The summed E-state index contributed by atoms with van der Waals surface area (Å²) in [5.74, 6) is 0.960. The van der Waals surface area contributed by atoms with Gasteiger partial charge in [-0.2, -0.15) is 0 Å². The molecule has 1 saturated carbocycles. The summed E-state index contributed by atoms with van der Waals surface area (Å²) in [4.78, 5) is 4.63. The standard InChI is InChI=1S/C17H23N3/c1-14-12-20(15-8-4-3-5-9-15)16(19-14)18-13-17(2)10-6-7-11-17/h3-5,8-9,12H,6-7,10-11,13H2,1-2H3,(H,18,19). The third-order valence-corrected chi connectivity index (χ3v) is 4.34. The zero-order valence-corrected chi connectivity index (χ0v) is 12.4. The van der Waals surface area contributed by atoms with Crippen LogP contribution in [-0.4, -0.2) is 16.1 Å². The van der Waals surface area contributed by atoms with E-state index in [0.717, 1.165) is 23.9 Å². The van der Waals surface area contributed by atoms with Crippen LogP contribution in [0.25, 0.3) is 5.69 Å². The lowest BCUT2D eigenvalue weighted by molar-refractivity contribution is 0.361. The Morgan fingerprint density at radius 1 is 1.20 bits per heavy atom. The fourth-order valence-electron chi connectivity index (χ4n) is 3.11. The highest BCUT2D eigenvalue weighted by atomic mass is 15.2. The normalized spacial score (nSPS) is 17.3. The second-order valence-electron chi connectivity index (χ2n) is 6.28. The highest BCUT2D eigenvalue weighted by molar-refractivity contribution is 5.43. The number of aromatic nitrogens is 2. The van der Waals surface area contributed by atoms with E-state index in [0.29, 0.717) is 5.41 Å². The molecule has 0 unspecified atom stereocenters. The van der Waals surface area contributed by atoms with Gasteiger partial charge in [0.05, 0.1) is 5.69 Å². The van der Waals surface area contributed by atoms with Crippen LogP contribution in [0.15, 0.2) is 36.5 Å². The maximum Gasteiger partial charge on any atom is 0.207 e. The second-order valence-corrected chi connectivity index (χ2v) is 6.28. The maximum atomic E-state index is 4.63. The van der Waals surface area contributed by atoms with Crippen molar-refractivity contribution < 1.29 is 0 Å². The van der Waals surface area contributed by atoms with Crippen molar-refractivity contribution in [3.05, 3.63) is 42.2 Å². The molecule has 1 aromatic heterocycles. The first-order valence-electron chi connectivity index (χ1n) is 7.52. The number of rotatable bonds is 4. The van der Waals surface area contributed by atoms with E-state index in [1.165, 1.54) is 25.7 Å². The maximum absolute atomic E-state index is 4.63. The Morgan fingerprint density at radius 2 is 1.90 bits per heavy atom. The molecule has 106 valence electrons. The number of aryl methyl sites for hydroxylation is 1. The van der Waals surface area contributed by atoms with Gasteiger partial charge >= 0.3 is 0 Å². The first-order valence-corrected chi connectivity index (χ1v) is 7.52. The largest absolute Gasteiger partial charge is 0.355 e. The van der Waals surface area contributed by atoms with Gasteiger partial charge in [-0.3, -0.25) is 4.57 Å². The summed E-state index contributed by atoms with van der Waals surface area (Å²) in [6.45, 7) is 5.44. The fraction of sp³-hybridized carbons (Fsp3) is 0.471. The van der Waals surface area contributed by atoms with Gasteiger partial charge in [-0.25, -0.2) is 4.98 Å². The van der Waals surface area contributed by atoms with Gasteiger partial charge in [0, 0.05) is 18.4 Å². The van der Waals surface area contributed by atoms with E-state index in [9.17, 15) is 0 Å². The van der Waals surface area contributed by atoms with Crippen LogP contribution in [0.2, 0.25) is 0 Å². The van der Waals surface area contributed by atoms with Gasteiger partial charge in [-0.1, -0.05) is 38.0 Å². The van der Waals surface area contributed by atoms with E-state index in [-0.39, 0.29) is 0 Å². The first kappa shape index (κ1) is 13.2. The summed E-state index contributed by atoms with van der Waals surface area (Å²) in [6.07, 6.45) is 7.47. The number of benzene rings is 1. The van der Waals surface area contributed by atoms with E-state index in [4.69, 9.17) is 0 Å². The van der Waals surface area contributed by atoms with E-state index in [2.05, 4.69) is 52.3 Å². The van der Waals surface area contributed by atoms with Crippen molar-refractivity contribution in [2.45, 2.75) is 39.5 Å². The number of hydrogen-bond donors (Lipinski definition) is 1. The molecule has 1 N–H and O–H groups in total. The number of para-hydroxylation sites is 1. The predicted molar refractivity (Wildman–Crippen MR) is 83.4 cm³/mol. The van der Waals surface area contributed by atoms with Crippen LogP contribution in [0.5, 0.6) is 0 Å². The predicted octanol–water partition coefficient (Wildman–Crippen LogP) is 4.17. The molecule has 3 nitrogen and oxygen atoms in total. The summed E-state index contributed by atoms with van der Waals surface area (Å²) < 4.78 is 2.15. The molecule has 0 aliphatic heterocycles. The summed E-state index contributed by atoms with van der Waals surface area (Å²) in [6, 6.07) is 10.4. The number of nitrogens with zero attached hydrogens (tertiary/aromatic N) is 2. The van der Waals surface area contributed by atoms with Crippen LogP contribution in [0.3, 0.4) is 0 Å². The van der Waals surface area contributed by atoms with Crippen molar-refractivity contribution in [3.8, 4) is 5.69 Å². The monoisotopic (exact) mass is 269 g/mol. The number of anilines is 1. The molecule has 0 spiro atoms. The van der Waals surface area contributed by atoms with Gasteiger partial charge in [0.25, 0.3) is 0 Å². The summed E-state index contributed by atoms with van der Waals surface area (Å²) in [5, 5.41) is 3.57. The van der Waals surface area contributed by atoms with Crippen molar-refractivity contribution >= 4 is 5.95 Å². The number of nitrogens with one attached hydrogen (secondary N) is 1. The molecule has 20 heavy (non-hydrogen) atoms. The minimum absolute atomic E-state index is 0.432. The van der Waals surface area contributed by atoms with E-state index in [1.807, 2.05) is 13.0 Å². The molecular weight excluding hydrogens is 246 g/mol. The molecule has 0 atom stereocenters. The molecule has 1 aromatic carbocycles. The van der Waals surface area contributed by atoms with Crippen molar-refractivity contribution in [2.75, 3.05) is 11.9 Å². The Balaban J connectivity index is 1.80. The fourth-order valence-corrected chi connectivity index (χ4v) is 3.11. The lowest BCUT2D eigenvalue weighted by Crippen LogP contribution is -2.24. The average Bonchev–Trinajstić information content (AvgIpc) is 3.04. The Labute approximate surface area is 121 Å². The first-order chi connectivity index (χ1) is 9.66. The van der Waals surface area contributed by atoms with Crippen LogP contribution in [0.1, 0.15) is 38.3 Å². The zero-order valence-electron chi connectivity index (χ0n) is 12.4. The van der Waals surface area contributed by atoms with E-state index >= 15 is 0 Å². The van der Waals surface area contributed by atoms with Crippen molar-refractivity contribution in [3.63, 3.8) is 0 Å². The zero-order chi connectivity index (χ0) is 14.0. The molecule has 1 fully saturated rings. The average molecular weight is 269 g/mol. The molecule has 0 saturated heterocycles. The van der Waals surface area contributed by atoms with Gasteiger partial charge in [0.1, 0.15) is 0 Å². The van der Waals surface area contributed by atoms with Crippen LogP contribution >= 0.6 is 0 Å². The van der Waals surface area contributed by atoms with Crippen molar-refractivity contribution in [1.82, 2.24) is 9.55 Å². The Hall–Kier alpha value is -1.77. The Bertz CT molecular complexity index is 565. The minimum atomic E-state index is 0.432. The molecule has 0 amide bonds. The molecule has 3 rings (SSSR count). The highest BCUT2D eigenvalue weighted by Gasteiger charge is 2.28. The van der Waals surface area contributed by atoms with Gasteiger partial charge in [-0.15, -0.1) is 0 Å². The topological polar surface area (TPSA) is 29.9 Å². The van der Waals surface area contributed by atoms with Gasteiger partial charge in [0.15, 0.2) is 0 Å². The SMILES string of the molecule is Cc1cn(-c2ccccc2)c(NCC2(C)CCCC2)n1. The van der Waals surface area contributed by atoms with Crippen LogP contribution in [-0.2, 0) is 0 Å². The summed E-state index contributed by atoms with van der Waals surface area (Å²) in [5.41, 5.74) is 2.64. The molecule has 1 heterocycles. The Morgan fingerprint density at radius 3 is 2.60 bits per heavy atom. The molecule has 1 aliphatic carbocycles. The van der Waals surface area contributed by atoms with E-state index < -0.39 is 0 Å². The van der Waals surface area contributed by atoms with Gasteiger partial charge in [0.2, 0.25) is 5.95 Å². The molecule has 2 aromatic rings. The van der Waals surface area contributed by atoms with Crippen LogP contribution in [0.4, 0.5) is 5.95 Å². The molecular formula is C17H23N3. The van der Waals surface area contributed by atoms with E-state index in [1.54, 1.807) is 0 Å². The highest BCUT2D eigenvalue weighted by Crippen LogP contribution is 2.37. The molecule has 0 radical (unpaired) electrons. The molecule has 1 aliphatic rings. The summed E-state index contributed by atoms with van der Waals surface area (Å²) >= 11 is 0. The van der Waals surface area contributed by atoms with Crippen molar-refractivity contribution in [2.24, 2.45) is 5.41 Å². The minimum Gasteiger partial charge on any atom is -0.355 e. The van der Waals surface area contributed by atoms with Gasteiger partial charge in [-0.05, 0) is 37.3 Å². The smallest absolute Gasteiger partial charge is 0.207 e. The van der Waals surface area contributed by atoms with Crippen LogP contribution in [0, 0.1) is 12.3 Å². The lowest BCUT2D eigenvalue weighted by Gasteiger charge is -2.24. The molecule has 3 heteroatoms. The lowest BCUT2D eigenvalue weighted by atomic mass is 9.89. The summed E-state index contributed by atoms with van der Waals surface area (Å²) in [7, 11) is 0. The van der Waals surface area contributed by atoms with Gasteiger partial charge < -0.3 is 5.32 Å². The number of imidazole rings is 1. The van der Waals surface area contributed by atoms with Crippen molar-refractivity contribution in [1.29, 1.82) is 0 Å². The van der Waals surface area contributed by atoms with Crippen LogP contribution < -0.4 is 5.32 Å². The second kappa shape index (κ2) is 5.31. The molecule has 0 bridgehead atoms.